The van der Waals surface area contributed by atoms with Crippen molar-refractivity contribution in [3.63, 3.8) is 0 Å². The number of nitrogens with zero attached hydrogens (tertiary/aromatic N) is 6. The summed E-state index contributed by atoms with van der Waals surface area (Å²) in [5, 5.41) is 17.4. The van der Waals surface area contributed by atoms with Crippen LogP contribution in [0.1, 0.15) is 5.56 Å². The SMILES string of the molecule is N#Cc1ccc(-n2c3ccccc3c3c4c(ccc32)sc2ccccc24)c(-c2nc(-c3ccccc3)nc(-n3c4ccccc4c4ccccc43)n2)c1. The zero-order chi connectivity index (χ0) is 35.0. The Morgan fingerprint density at radius 2 is 1.09 bits per heavy atom. The fraction of sp³-hybridized carbons (Fsp3) is 0. The second-order valence-corrected chi connectivity index (χ2v) is 14.2. The van der Waals surface area contributed by atoms with Gasteiger partial charge in [-0.2, -0.15) is 15.2 Å². The molecule has 0 spiro atoms. The minimum absolute atomic E-state index is 0.482. The van der Waals surface area contributed by atoms with Gasteiger partial charge < -0.3 is 4.57 Å². The summed E-state index contributed by atoms with van der Waals surface area (Å²) >= 11 is 1.82. The Kier molecular flexibility index (Phi) is 6.38. The molecule has 0 radical (unpaired) electrons. The van der Waals surface area contributed by atoms with E-state index >= 15 is 0 Å². The molecule has 4 aromatic heterocycles. The first-order valence-electron chi connectivity index (χ1n) is 17.4. The molecule has 0 aliphatic rings. The first-order valence-corrected chi connectivity index (χ1v) is 18.3. The van der Waals surface area contributed by atoms with Gasteiger partial charge in [0, 0.05) is 52.8 Å². The smallest absolute Gasteiger partial charge is 0.238 e. The van der Waals surface area contributed by atoms with Gasteiger partial charge >= 0.3 is 0 Å². The van der Waals surface area contributed by atoms with E-state index in [2.05, 4.69) is 112 Å². The Morgan fingerprint density at radius 1 is 0.472 bits per heavy atom. The van der Waals surface area contributed by atoms with Crippen LogP contribution in [0.2, 0.25) is 0 Å². The van der Waals surface area contributed by atoms with Crippen molar-refractivity contribution in [3.05, 3.63) is 163 Å². The van der Waals surface area contributed by atoms with Gasteiger partial charge in [0.2, 0.25) is 5.95 Å². The molecule has 0 unspecified atom stereocenters. The van der Waals surface area contributed by atoms with Crippen molar-refractivity contribution in [2.24, 2.45) is 0 Å². The molecule has 0 amide bonds. The standard InChI is InChI=1S/C46H26N6S/c47-27-28-22-23-38(51-37-20-10-6-16-32(37)42-39(51)24-25-41-43(42)33-17-7-11-21-40(33)53-41)34(26-28)45-48-44(29-12-2-1-3-13-29)49-46(50-45)52-35-18-8-4-14-30(35)31-15-5-9-19-36(31)52/h1-26H. The molecule has 0 fully saturated rings. The molecule has 53 heavy (non-hydrogen) atoms. The minimum atomic E-state index is 0.482. The van der Waals surface area contributed by atoms with Gasteiger partial charge in [0.05, 0.1) is 39.4 Å². The van der Waals surface area contributed by atoms with Gasteiger partial charge in [0.25, 0.3) is 0 Å². The van der Waals surface area contributed by atoms with E-state index in [1.807, 2.05) is 72.0 Å². The lowest BCUT2D eigenvalue weighted by Gasteiger charge is -2.15. The molecular weight excluding hydrogens is 669 g/mol. The van der Waals surface area contributed by atoms with Crippen LogP contribution in [0.4, 0.5) is 0 Å². The van der Waals surface area contributed by atoms with Gasteiger partial charge in [-0.1, -0.05) is 103 Å². The first-order chi connectivity index (χ1) is 26.2. The maximum Gasteiger partial charge on any atom is 0.238 e. The molecule has 11 rings (SSSR count). The number of nitriles is 1. The number of aromatic nitrogens is 5. The Morgan fingerprint density at radius 3 is 1.83 bits per heavy atom. The van der Waals surface area contributed by atoms with E-state index in [-0.39, 0.29) is 0 Å². The Labute approximate surface area is 307 Å². The molecule has 246 valence electrons. The van der Waals surface area contributed by atoms with Crippen molar-refractivity contribution in [3.8, 4) is 40.5 Å². The molecule has 0 bridgehead atoms. The highest BCUT2D eigenvalue weighted by molar-refractivity contribution is 7.26. The van der Waals surface area contributed by atoms with Crippen molar-refractivity contribution < 1.29 is 0 Å². The topological polar surface area (TPSA) is 72.3 Å². The number of benzene rings is 7. The zero-order valence-corrected chi connectivity index (χ0v) is 28.9. The third-order valence-corrected chi connectivity index (χ3v) is 11.4. The molecule has 4 heterocycles. The van der Waals surface area contributed by atoms with Gasteiger partial charge in [0.1, 0.15) is 0 Å². The molecule has 6 nitrogen and oxygen atoms in total. The van der Waals surface area contributed by atoms with E-state index < -0.39 is 0 Å². The van der Waals surface area contributed by atoms with Crippen LogP contribution in [0.5, 0.6) is 0 Å². The van der Waals surface area contributed by atoms with E-state index in [0.29, 0.717) is 23.2 Å². The highest BCUT2D eigenvalue weighted by Gasteiger charge is 2.23. The van der Waals surface area contributed by atoms with Crippen molar-refractivity contribution in [2.45, 2.75) is 0 Å². The average Bonchev–Trinajstić information content (AvgIpc) is 3.88. The summed E-state index contributed by atoms with van der Waals surface area (Å²) in [5.74, 6) is 1.54. The third kappa shape index (κ3) is 4.40. The number of thiophene rings is 1. The van der Waals surface area contributed by atoms with E-state index in [9.17, 15) is 5.26 Å². The Balaban J connectivity index is 1.25. The summed E-state index contributed by atoms with van der Waals surface area (Å²) in [6, 6.07) is 56.6. The van der Waals surface area contributed by atoms with E-state index in [1.54, 1.807) is 0 Å². The number of hydrogen-bond donors (Lipinski definition) is 0. The Bertz CT molecular complexity index is 3260. The minimum Gasteiger partial charge on any atom is -0.308 e. The molecule has 0 aliphatic heterocycles. The molecular formula is C46H26N6S. The quantitative estimate of drug-likeness (QED) is 0.184. The lowest BCUT2D eigenvalue weighted by molar-refractivity contribution is 0.951. The normalized spacial score (nSPS) is 11.8. The number of fused-ring (bicyclic) bond motifs is 10. The fourth-order valence-corrected chi connectivity index (χ4v) is 9.07. The molecule has 0 aliphatic carbocycles. The maximum absolute atomic E-state index is 10.2. The third-order valence-electron chi connectivity index (χ3n) is 10.2. The van der Waals surface area contributed by atoms with Crippen molar-refractivity contribution in [1.29, 1.82) is 5.26 Å². The van der Waals surface area contributed by atoms with Crippen LogP contribution < -0.4 is 0 Å². The maximum atomic E-state index is 10.2. The average molecular weight is 695 g/mol. The van der Waals surface area contributed by atoms with Gasteiger partial charge in [-0.15, -0.1) is 11.3 Å². The van der Waals surface area contributed by atoms with Crippen LogP contribution in [0.3, 0.4) is 0 Å². The van der Waals surface area contributed by atoms with Crippen molar-refractivity contribution >= 4 is 75.1 Å². The lowest BCUT2D eigenvalue weighted by Crippen LogP contribution is -2.08. The summed E-state index contributed by atoms with van der Waals surface area (Å²) in [5.41, 5.74) is 7.17. The summed E-state index contributed by atoms with van der Waals surface area (Å²) in [7, 11) is 0. The summed E-state index contributed by atoms with van der Waals surface area (Å²) < 4.78 is 6.94. The molecule has 0 N–H and O–H groups in total. The van der Waals surface area contributed by atoms with Crippen molar-refractivity contribution in [1.82, 2.24) is 24.1 Å². The zero-order valence-electron chi connectivity index (χ0n) is 28.1. The second kappa shape index (κ2) is 11.4. The highest BCUT2D eigenvalue weighted by atomic mass is 32.1. The molecule has 7 aromatic carbocycles. The lowest BCUT2D eigenvalue weighted by atomic mass is 10.1. The largest absolute Gasteiger partial charge is 0.308 e. The van der Waals surface area contributed by atoms with E-state index in [0.717, 1.165) is 49.7 Å². The van der Waals surface area contributed by atoms with Crippen LogP contribution in [0.15, 0.2) is 158 Å². The second-order valence-electron chi connectivity index (χ2n) is 13.1. The fourth-order valence-electron chi connectivity index (χ4n) is 7.95. The van der Waals surface area contributed by atoms with Crippen LogP contribution in [0.25, 0.3) is 98.2 Å². The monoisotopic (exact) mass is 694 g/mol. The number of hydrogen-bond acceptors (Lipinski definition) is 5. The van der Waals surface area contributed by atoms with Crippen molar-refractivity contribution in [2.75, 3.05) is 0 Å². The number of rotatable bonds is 4. The van der Waals surface area contributed by atoms with Crippen LogP contribution in [-0.4, -0.2) is 24.1 Å². The van der Waals surface area contributed by atoms with Crippen LogP contribution >= 0.6 is 11.3 Å². The van der Waals surface area contributed by atoms with Gasteiger partial charge in [0.15, 0.2) is 11.6 Å². The predicted octanol–water partition coefficient (Wildman–Crippen LogP) is 11.6. The molecule has 0 atom stereocenters. The van der Waals surface area contributed by atoms with E-state index in [4.69, 9.17) is 15.0 Å². The summed E-state index contributed by atoms with van der Waals surface area (Å²) in [6.45, 7) is 0. The first kappa shape index (κ1) is 29.6. The Hall–Kier alpha value is -7.14. The van der Waals surface area contributed by atoms with Gasteiger partial charge in [-0.05, 0) is 54.6 Å². The predicted molar refractivity (Wildman–Crippen MR) is 217 cm³/mol. The molecule has 0 saturated heterocycles. The molecule has 7 heteroatoms. The van der Waals surface area contributed by atoms with Crippen LogP contribution in [-0.2, 0) is 0 Å². The highest BCUT2D eigenvalue weighted by Crippen LogP contribution is 2.44. The summed E-state index contributed by atoms with van der Waals surface area (Å²) in [6.07, 6.45) is 0. The molecule has 11 aromatic rings. The summed E-state index contributed by atoms with van der Waals surface area (Å²) in [4.78, 5) is 15.6. The van der Waals surface area contributed by atoms with Crippen LogP contribution in [0, 0.1) is 11.3 Å². The number of para-hydroxylation sites is 3. The van der Waals surface area contributed by atoms with Gasteiger partial charge in [-0.25, -0.2) is 4.98 Å². The molecule has 0 saturated carbocycles. The van der Waals surface area contributed by atoms with E-state index in [1.165, 1.54) is 30.9 Å². The van der Waals surface area contributed by atoms with Gasteiger partial charge in [-0.3, -0.25) is 4.57 Å².